The summed E-state index contributed by atoms with van der Waals surface area (Å²) in [5.74, 6) is 4.73. The monoisotopic (exact) mass is 166 g/mol. The average Bonchev–Trinajstić information content (AvgIpc) is 2.76. The van der Waals surface area contributed by atoms with Crippen LogP contribution in [0.15, 0.2) is 0 Å². The fourth-order valence-corrected chi connectivity index (χ4v) is 4.43. The Morgan fingerprint density at radius 2 is 1.83 bits per heavy atom. The van der Waals surface area contributed by atoms with Gasteiger partial charge in [-0.3, -0.25) is 0 Å². The smallest absolute Gasteiger partial charge is 0.0462 e. The van der Waals surface area contributed by atoms with Crippen LogP contribution in [0.4, 0.5) is 0 Å². The van der Waals surface area contributed by atoms with Crippen LogP contribution in [-0.2, 0) is 0 Å². The topological polar surface area (TPSA) is 20.2 Å². The molecule has 3 saturated carbocycles. The van der Waals surface area contributed by atoms with Crippen molar-refractivity contribution >= 4 is 0 Å². The summed E-state index contributed by atoms with van der Waals surface area (Å²) in [5, 5.41) is 9.24. The van der Waals surface area contributed by atoms with Crippen molar-refractivity contribution in [3.05, 3.63) is 0 Å². The van der Waals surface area contributed by atoms with E-state index >= 15 is 0 Å². The van der Waals surface area contributed by atoms with Gasteiger partial charge in [0, 0.05) is 6.61 Å². The number of fused-ring (bicyclic) bond motifs is 5. The molecule has 0 spiro atoms. The first kappa shape index (κ1) is 7.37. The number of rotatable bonds is 1. The third kappa shape index (κ3) is 0.783. The molecule has 3 rings (SSSR count). The third-order valence-electron chi connectivity index (χ3n) is 4.81. The van der Waals surface area contributed by atoms with E-state index in [0.717, 1.165) is 23.7 Å². The van der Waals surface area contributed by atoms with Gasteiger partial charge in [0.2, 0.25) is 0 Å². The van der Waals surface area contributed by atoms with Crippen LogP contribution in [0, 0.1) is 29.6 Å². The van der Waals surface area contributed by atoms with Crippen molar-refractivity contribution in [2.24, 2.45) is 29.6 Å². The van der Waals surface area contributed by atoms with Crippen molar-refractivity contribution in [1.29, 1.82) is 0 Å². The predicted octanol–water partition coefficient (Wildman–Crippen LogP) is 2.05. The minimum Gasteiger partial charge on any atom is -0.396 e. The lowest BCUT2D eigenvalue weighted by molar-refractivity contribution is 0.142. The Kier molecular flexibility index (Phi) is 1.52. The summed E-state index contributed by atoms with van der Waals surface area (Å²) in [6.45, 7) is 0.463. The standard InChI is InChI=1S/C11H18O/c12-6-9-3-4-10-7-1-2-8(5-7)11(9)10/h7-12H,1-6H2/t7-,8-,9-,10+,11+/m0/s1. The van der Waals surface area contributed by atoms with Gasteiger partial charge in [0.25, 0.3) is 0 Å². The molecule has 0 saturated heterocycles. The van der Waals surface area contributed by atoms with Crippen LogP contribution in [0.5, 0.6) is 0 Å². The summed E-state index contributed by atoms with van der Waals surface area (Å²) in [6.07, 6.45) is 7.23. The zero-order valence-electron chi connectivity index (χ0n) is 7.58. The lowest BCUT2D eigenvalue weighted by atomic mass is 9.78. The predicted molar refractivity (Wildman–Crippen MR) is 47.6 cm³/mol. The normalized spacial score (nSPS) is 56.2. The van der Waals surface area contributed by atoms with E-state index in [9.17, 15) is 5.11 Å². The molecule has 0 amide bonds. The number of hydrogen-bond donors (Lipinski definition) is 1. The van der Waals surface area contributed by atoms with Gasteiger partial charge in [0.05, 0.1) is 0 Å². The van der Waals surface area contributed by atoms with E-state index in [4.69, 9.17) is 0 Å². The van der Waals surface area contributed by atoms with Crippen LogP contribution in [0.25, 0.3) is 0 Å². The van der Waals surface area contributed by atoms with Crippen molar-refractivity contribution in [2.45, 2.75) is 32.1 Å². The fourth-order valence-electron chi connectivity index (χ4n) is 4.43. The first-order valence-electron chi connectivity index (χ1n) is 5.51. The Labute approximate surface area is 74.2 Å². The van der Waals surface area contributed by atoms with E-state index in [-0.39, 0.29) is 0 Å². The molecule has 2 bridgehead atoms. The van der Waals surface area contributed by atoms with E-state index in [1.807, 2.05) is 0 Å². The second kappa shape index (κ2) is 2.47. The van der Waals surface area contributed by atoms with E-state index in [1.54, 1.807) is 0 Å². The Morgan fingerprint density at radius 3 is 2.67 bits per heavy atom. The molecule has 0 unspecified atom stereocenters. The maximum absolute atomic E-state index is 9.24. The second-order valence-corrected chi connectivity index (χ2v) is 5.09. The molecule has 3 aliphatic rings. The van der Waals surface area contributed by atoms with Crippen molar-refractivity contribution < 1.29 is 5.11 Å². The molecule has 12 heavy (non-hydrogen) atoms. The summed E-state index contributed by atoms with van der Waals surface area (Å²) in [7, 11) is 0. The molecule has 3 aliphatic carbocycles. The molecule has 0 heterocycles. The van der Waals surface area contributed by atoms with E-state index < -0.39 is 0 Å². The Hall–Kier alpha value is -0.0400. The van der Waals surface area contributed by atoms with Crippen LogP contribution < -0.4 is 0 Å². The first-order chi connectivity index (χ1) is 5.90. The number of hydrogen-bond acceptors (Lipinski definition) is 1. The highest BCUT2D eigenvalue weighted by Crippen LogP contribution is 2.60. The third-order valence-corrected chi connectivity index (χ3v) is 4.81. The molecule has 0 aromatic carbocycles. The highest BCUT2D eigenvalue weighted by Gasteiger charge is 2.52. The summed E-state index contributed by atoms with van der Waals surface area (Å²) in [4.78, 5) is 0. The van der Waals surface area contributed by atoms with E-state index in [0.29, 0.717) is 12.5 Å². The van der Waals surface area contributed by atoms with E-state index in [2.05, 4.69) is 0 Å². The largest absolute Gasteiger partial charge is 0.396 e. The molecule has 0 aliphatic heterocycles. The zero-order chi connectivity index (χ0) is 8.13. The molecular weight excluding hydrogens is 148 g/mol. The van der Waals surface area contributed by atoms with Gasteiger partial charge < -0.3 is 5.11 Å². The Balaban J connectivity index is 1.85. The quantitative estimate of drug-likeness (QED) is 0.632. The second-order valence-electron chi connectivity index (χ2n) is 5.09. The van der Waals surface area contributed by atoms with Crippen molar-refractivity contribution in [2.75, 3.05) is 6.61 Å². The maximum Gasteiger partial charge on any atom is 0.0462 e. The molecule has 0 aromatic rings. The first-order valence-corrected chi connectivity index (χ1v) is 5.51. The zero-order valence-corrected chi connectivity index (χ0v) is 7.58. The van der Waals surface area contributed by atoms with Crippen molar-refractivity contribution in [1.82, 2.24) is 0 Å². The molecule has 1 nitrogen and oxygen atoms in total. The fraction of sp³-hybridized carbons (Fsp3) is 1.00. The van der Waals surface area contributed by atoms with Gasteiger partial charge in [0.1, 0.15) is 0 Å². The van der Waals surface area contributed by atoms with E-state index in [1.165, 1.54) is 32.1 Å². The van der Waals surface area contributed by atoms with Crippen molar-refractivity contribution in [3.63, 3.8) is 0 Å². The minimum atomic E-state index is 0.463. The van der Waals surface area contributed by atoms with Gasteiger partial charge in [-0.25, -0.2) is 0 Å². The summed E-state index contributed by atoms with van der Waals surface area (Å²) < 4.78 is 0. The molecule has 3 fully saturated rings. The minimum absolute atomic E-state index is 0.463. The van der Waals surface area contributed by atoms with Gasteiger partial charge in [0.15, 0.2) is 0 Å². The number of aliphatic hydroxyl groups excluding tert-OH is 1. The molecule has 68 valence electrons. The Bertz CT molecular complexity index is 187. The molecule has 1 heteroatoms. The average molecular weight is 166 g/mol. The van der Waals surface area contributed by atoms with Gasteiger partial charge >= 0.3 is 0 Å². The lowest BCUT2D eigenvalue weighted by Crippen LogP contribution is -2.23. The van der Waals surface area contributed by atoms with Crippen LogP contribution >= 0.6 is 0 Å². The van der Waals surface area contributed by atoms with Crippen LogP contribution in [-0.4, -0.2) is 11.7 Å². The molecule has 0 radical (unpaired) electrons. The Morgan fingerprint density at radius 1 is 1.00 bits per heavy atom. The van der Waals surface area contributed by atoms with Crippen LogP contribution in [0.3, 0.4) is 0 Å². The molecule has 1 N–H and O–H groups in total. The lowest BCUT2D eigenvalue weighted by Gasteiger charge is -2.27. The number of aliphatic hydroxyl groups is 1. The van der Waals surface area contributed by atoms with Gasteiger partial charge in [-0.2, -0.15) is 0 Å². The van der Waals surface area contributed by atoms with Gasteiger partial charge in [-0.05, 0) is 61.7 Å². The summed E-state index contributed by atoms with van der Waals surface area (Å²) >= 11 is 0. The summed E-state index contributed by atoms with van der Waals surface area (Å²) in [6, 6.07) is 0. The maximum atomic E-state index is 9.24. The highest BCUT2D eigenvalue weighted by molar-refractivity contribution is 5.02. The molecule has 0 aromatic heterocycles. The summed E-state index contributed by atoms with van der Waals surface area (Å²) in [5.41, 5.74) is 0. The van der Waals surface area contributed by atoms with Crippen LogP contribution in [0.1, 0.15) is 32.1 Å². The SMILES string of the molecule is OC[C@@H]1CC[C@@H]2[C@H]3CC[C@@H](C3)[C@H]12. The highest BCUT2D eigenvalue weighted by atomic mass is 16.3. The van der Waals surface area contributed by atoms with Gasteiger partial charge in [-0.1, -0.05) is 0 Å². The van der Waals surface area contributed by atoms with Gasteiger partial charge in [-0.15, -0.1) is 0 Å². The van der Waals surface area contributed by atoms with Crippen LogP contribution in [0.2, 0.25) is 0 Å². The van der Waals surface area contributed by atoms with Crippen molar-refractivity contribution in [3.8, 4) is 0 Å². The molecular formula is C11H18O. The molecule has 5 atom stereocenters.